The maximum absolute atomic E-state index is 12.3. The Kier molecular flexibility index (Phi) is 8.07. The Labute approximate surface area is 171 Å². The van der Waals surface area contributed by atoms with Gasteiger partial charge in [-0.15, -0.1) is 0 Å². The number of ether oxygens (including phenoxy) is 4. The van der Waals surface area contributed by atoms with Crippen LogP contribution in [0.5, 0.6) is 11.5 Å². The van der Waals surface area contributed by atoms with Gasteiger partial charge in [-0.1, -0.05) is 30.3 Å². The van der Waals surface area contributed by atoms with Gasteiger partial charge < -0.3 is 18.9 Å². The Hall–Kier alpha value is -3.02. The zero-order valence-electron chi connectivity index (χ0n) is 17.3. The van der Waals surface area contributed by atoms with Gasteiger partial charge in [0.2, 0.25) is 0 Å². The van der Waals surface area contributed by atoms with E-state index in [0.29, 0.717) is 17.9 Å². The van der Waals surface area contributed by atoms with Gasteiger partial charge >= 0.3 is 11.9 Å². The van der Waals surface area contributed by atoms with Crippen LogP contribution in [0.15, 0.2) is 54.6 Å². The number of esters is 2. The molecule has 0 amide bonds. The van der Waals surface area contributed by atoms with Crippen LogP contribution in [-0.2, 0) is 25.5 Å². The number of hydrogen-bond donors (Lipinski definition) is 0. The largest absolute Gasteiger partial charge is 0.482 e. The Morgan fingerprint density at radius 2 is 1.59 bits per heavy atom. The zero-order valence-corrected chi connectivity index (χ0v) is 17.3. The molecule has 1 unspecified atom stereocenters. The van der Waals surface area contributed by atoms with Gasteiger partial charge in [-0.25, -0.2) is 9.59 Å². The Morgan fingerprint density at radius 1 is 0.931 bits per heavy atom. The van der Waals surface area contributed by atoms with Gasteiger partial charge in [0, 0.05) is 6.42 Å². The topological polar surface area (TPSA) is 71.1 Å². The molecule has 0 saturated carbocycles. The summed E-state index contributed by atoms with van der Waals surface area (Å²) in [6.45, 7) is 7.28. The maximum Gasteiger partial charge on any atom is 0.347 e. The van der Waals surface area contributed by atoms with Crippen LogP contribution in [0.4, 0.5) is 0 Å². The molecular formula is C23H28O6. The van der Waals surface area contributed by atoms with E-state index in [9.17, 15) is 9.59 Å². The van der Waals surface area contributed by atoms with E-state index in [4.69, 9.17) is 18.9 Å². The number of para-hydroxylation sites is 1. The zero-order chi connectivity index (χ0) is 21.3. The van der Waals surface area contributed by atoms with E-state index in [1.165, 1.54) is 0 Å². The summed E-state index contributed by atoms with van der Waals surface area (Å²) in [5.74, 6) is 0.293. The molecule has 1 atom stereocenters. The molecule has 0 N–H and O–H groups in total. The summed E-state index contributed by atoms with van der Waals surface area (Å²) in [4.78, 5) is 24.0. The van der Waals surface area contributed by atoms with E-state index < -0.39 is 23.6 Å². The van der Waals surface area contributed by atoms with Gasteiger partial charge in [0.15, 0.2) is 12.7 Å². The number of benzene rings is 2. The van der Waals surface area contributed by atoms with E-state index in [1.54, 1.807) is 52.0 Å². The summed E-state index contributed by atoms with van der Waals surface area (Å²) in [6.07, 6.45) is -0.411. The lowest BCUT2D eigenvalue weighted by atomic mass is 10.1. The number of rotatable bonds is 9. The van der Waals surface area contributed by atoms with E-state index in [1.807, 2.05) is 30.3 Å². The SMILES string of the molecule is CCOC(=O)C(Cc1ccc(OCC(=O)OC(C)(C)C)cc1)Oc1ccccc1. The normalized spacial score (nSPS) is 12.0. The van der Waals surface area contributed by atoms with Crippen molar-refractivity contribution in [3.63, 3.8) is 0 Å². The summed E-state index contributed by atoms with van der Waals surface area (Å²) in [6, 6.07) is 16.3. The van der Waals surface area contributed by atoms with Gasteiger partial charge in [-0.2, -0.15) is 0 Å². The molecule has 0 aliphatic carbocycles. The molecule has 0 spiro atoms. The van der Waals surface area contributed by atoms with Crippen LogP contribution < -0.4 is 9.47 Å². The fourth-order valence-electron chi connectivity index (χ4n) is 2.52. The van der Waals surface area contributed by atoms with Crippen LogP contribution in [0.1, 0.15) is 33.3 Å². The number of hydrogen-bond acceptors (Lipinski definition) is 6. The van der Waals surface area contributed by atoms with Crippen molar-refractivity contribution in [1.29, 1.82) is 0 Å². The van der Waals surface area contributed by atoms with E-state index in [2.05, 4.69) is 0 Å². The minimum absolute atomic E-state index is 0.167. The minimum atomic E-state index is -0.758. The predicted octanol–water partition coefficient (Wildman–Crippen LogP) is 3.96. The molecule has 2 aromatic carbocycles. The Bertz CT molecular complexity index is 777. The van der Waals surface area contributed by atoms with Gasteiger partial charge in [0.05, 0.1) is 6.61 Å². The van der Waals surface area contributed by atoms with Crippen molar-refractivity contribution in [3.05, 3.63) is 60.2 Å². The standard InChI is InChI=1S/C23H28O6/c1-5-26-22(25)20(28-19-9-7-6-8-10-19)15-17-11-13-18(14-12-17)27-16-21(24)29-23(2,3)4/h6-14,20H,5,15-16H2,1-4H3. The second-order valence-electron chi connectivity index (χ2n) is 7.39. The van der Waals surface area contributed by atoms with Gasteiger partial charge in [0.1, 0.15) is 17.1 Å². The van der Waals surface area contributed by atoms with Crippen molar-refractivity contribution in [2.45, 2.75) is 45.8 Å². The molecule has 0 radical (unpaired) electrons. The molecule has 156 valence electrons. The summed E-state index contributed by atoms with van der Waals surface area (Å²) < 4.78 is 21.6. The quantitative estimate of drug-likeness (QED) is 0.594. The molecule has 2 aromatic rings. The fourth-order valence-corrected chi connectivity index (χ4v) is 2.52. The van der Waals surface area contributed by atoms with Crippen LogP contribution >= 0.6 is 0 Å². The molecule has 0 aliphatic heterocycles. The van der Waals surface area contributed by atoms with Crippen molar-refractivity contribution in [2.75, 3.05) is 13.2 Å². The van der Waals surface area contributed by atoms with Crippen molar-refractivity contribution in [1.82, 2.24) is 0 Å². The van der Waals surface area contributed by atoms with Crippen LogP contribution in [0.25, 0.3) is 0 Å². The van der Waals surface area contributed by atoms with Crippen molar-refractivity contribution in [3.8, 4) is 11.5 Å². The molecular weight excluding hydrogens is 372 g/mol. The van der Waals surface area contributed by atoms with Gasteiger partial charge in [-0.3, -0.25) is 0 Å². The smallest absolute Gasteiger partial charge is 0.347 e. The lowest BCUT2D eigenvalue weighted by Gasteiger charge is -2.19. The molecule has 2 rings (SSSR count). The molecule has 0 heterocycles. The lowest BCUT2D eigenvalue weighted by molar-refractivity contribution is -0.157. The average Bonchev–Trinajstić information content (AvgIpc) is 2.66. The van der Waals surface area contributed by atoms with Crippen LogP contribution in [0.2, 0.25) is 0 Å². The van der Waals surface area contributed by atoms with Crippen molar-refractivity contribution < 1.29 is 28.5 Å². The second kappa shape index (κ2) is 10.5. The molecule has 6 nitrogen and oxygen atoms in total. The van der Waals surface area contributed by atoms with Crippen molar-refractivity contribution in [2.24, 2.45) is 0 Å². The van der Waals surface area contributed by atoms with Crippen molar-refractivity contribution >= 4 is 11.9 Å². The molecule has 29 heavy (non-hydrogen) atoms. The monoisotopic (exact) mass is 400 g/mol. The first-order chi connectivity index (χ1) is 13.8. The first kappa shape index (κ1) is 22.3. The highest BCUT2D eigenvalue weighted by atomic mass is 16.6. The minimum Gasteiger partial charge on any atom is -0.482 e. The molecule has 6 heteroatoms. The Morgan fingerprint density at radius 3 is 2.17 bits per heavy atom. The average molecular weight is 400 g/mol. The van der Waals surface area contributed by atoms with E-state index in [0.717, 1.165) is 5.56 Å². The first-order valence-electron chi connectivity index (χ1n) is 9.59. The van der Waals surface area contributed by atoms with Crippen LogP contribution in [-0.4, -0.2) is 36.9 Å². The third kappa shape index (κ3) is 8.25. The molecule has 0 fully saturated rings. The number of carbonyl (C=O) groups excluding carboxylic acids is 2. The summed E-state index contributed by atoms with van der Waals surface area (Å²) in [5.41, 5.74) is 0.328. The molecule has 0 saturated heterocycles. The van der Waals surface area contributed by atoms with E-state index >= 15 is 0 Å². The third-order valence-electron chi connectivity index (χ3n) is 3.69. The molecule has 0 aliphatic rings. The first-order valence-corrected chi connectivity index (χ1v) is 9.59. The third-order valence-corrected chi connectivity index (χ3v) is 3.69. The maximum atomic E-state index is 12.3. The highest BCUT2D eigenvalue weighted by molar-refractivity contribution is 5.75. The van der Waals surface area contributed by atoms with Crippen LogP contribution in [0.3, 0.4) is 0 Å². The molecule has 0 aromatic heterocycles. The summed E-state index contributed by atoms with van der Waals surface area (Å²) >= 11 is 0. The Balaban J connectivity index is 1.97. The second-order valence-corrected chi connectivity index (χ2v) is 7.39. The van der Waals surface area contributed by atoms with Crippen LogP contribution in [0, 0.1) is 0 Å². The summed E-state index contributed by atoms with van der Waals surface area (Å²) in [5, 5.41) is 0. The molecule has 0 bridgehead atoms. The predicted molar refractivity (Wildman–Crippen MR) is 109 cm³/mol. The summed E-state index contributed by atoms with van der Waals surface area (Å²) in [7, 11) is 0. The fraction of sp³-hybridized carbons (Fsp3) is 0.391. The van der Waals surface area contributed by atoms with Gasteiger partial charge in [-0.05, 0) is 57.5 Å². The van der Waals surface area contributed by atoms with E-state index in [-0.39, 0.29) is 13.2 Å². The lowest BCUT2D eigenvalue weighted by Crippen LogP contribution is -2.31. The highest BCUT2D eigenvalue weighted by Crippen LogP contribution is 2.18. The number of carbonyl (C=O) groups is 2. The van der Waals surface area contributed by atoms with Gasteiger partial charge in [0.25, 0.3) is 0 Å². The highest BCUT2D eigenvalue weighted by Gasteiger charge is 2.22.